The molecule has 1 N–H and O–H groups in total. The van der Waals surface area contributed by atoms with Crippen molar-refractivity contribution in [2.45, 2.75) is 32.5 Å². The number of carbonyl (C=O) groups excluding carboxylic acids is 1. The molecule has 0 spiro atoms. The van der Waals surface area contributed by atoms with Gasteiger partial charge >= 0.3 is 6.18 Å². The lowest BCUT2D eigenvalue weighted by molar-refractivity contribution is -0.137. The molecule has 174 valence electrons. The summed E-state index contributed by atoms with van der Waals surface area (Å²) in [5, 5.41) is 12.5. The minimum absolute atomic E-state index is 0.141. The van der Waals surface area contributed by atoms with Crippen molar-refractivity contribution in [2.75, 3.05) is 36.0 Å². The van der Waals surface area contributed by atoms with Crippen LogP contribution >= 0.6 is 0 Å². The quantitative estimate of drug-likeness (QED) is 0.749. The third kappa shape index (κ3) is 4.63. The molecule has 0 radical (unpaired) electrons. The van der Waals surface area contributed by atoms with Gasteiger partial charge in [0.15, 0.2) is 0 Å². The first-order valence-corrected chi connectivity index (χ1v) is 11.2. The van der Waals surface area contributed by atoms with Gasteiger partial charge in [-0.25, -0.2) is 0 Å². The van der Waals surface area contributed by atoms with Crippen LogP contribution in [-0.4, -0.2) is 38.1 Å². The molecule has 2 aromatic rings. The number of para-hydroxylation sites is 1. The number of fused-ring (bicyclic) bond motifs is 3. The SMILES string of the molecule is CC(C)CNC(=O)[C@H]1Cc2cc(C(F)(F)F)ccc2N2CCN(c3ccccc3C#N)C[C@H]12. The lowest BCUT2D eigenvalue weighted by Gasteiger charge is -2.50. The lowest BCUT2D eigenvalue weighted by atomic mass is 9.82. The Morgan fingerprint density at radius 2 is 1.94 bits per heavy atom. The van der Waals surface area contributed by atoms with E-state index in [1.165, 1.54) is 12.1 Å². The normalized spacial score (nSPS) is 20.2. The maximum absolute atomic E-state index is 13.3. The molecule has 8 heteroatoms. The second-order valence-corrected chi connectivity index (χ2v) is 9.13. The highest BCUT2D eigenvalue weighted by Crippen LogP contribution is 2.40. The number of amides is 1. The molecule has 2 aromatic carbocycles. The number of benzene rings is 2. The Morgan fingerprint density at radius 3 is 2.64 bits per heavy atom. The summed E-state index contributed by atoms with van der Waals surface area (Å²) in [4.78, 5) is 17.4. The van der Waals surface area contributed by atoms with Crippen LogP contribution < -0.4 is 15.1 Å². The number of nitrogens with zero attached hydrogens (tertiary/aromatic N) is 3. The van der Waals surface area contributed by atoms with Crippen LogP contribution in [0.4, 0.5) is 24.5 Å². The van der Waals surface area contributed by atoms with Crippen molar-refractivity contribution in [3.05, 3.63) is 59.2 Å². The number of alkyl halides is 3. The molecule has 0 unspecified atom stereocenters. The summed E-state index contributed by atoms with van der Waals surface area (Å²) in [6.45, 7) is 6.18. The van der Waals surface area contributed by atoms with Gasteiger partial charge < -0.3 is 15.1 Å². The number of nitrogens with one attached hydrogen (secondary N) is 1. The van der Waals surface area contributed by atoms with Crippen LogP contribution in [-0.2, 0) is 17.4 Å². The van der Waals surface area contributed by atoms with Gasteiger partial charge in [0.2, 0.25) is 5.91 Å². The second kappa shape index (κ2) is 8.97. The standard InChI is InChI=1S/C25H27F3N4O/c1-16(2)14-30-24(33)20-12-18-11-19(25(26,27)28)7-8-22(18)32-10-9-31(15-23(20)32)21-6-4-3-5-17(21)13-29/h3-8,11,16,20,23H,9-10,12,14-15H2,1-2H3,(H,30,33)/t20-,23+/m0/s1. The molecule has 1 saturated heterocycles. The van der Waals surface area contributed by atoms with Crippen LogP contribution in [0.25, 0.3) is 0 Å². The molecule has 0 aromatic heterocycles. The molecule has 0 saturated carbocycles. The first kappa shape index (κ1) is 23.0. The van der Waals surface area contributed by atoms with E-state index in [9.17, 15) is 23.2 Å². The number of hydrogen-bond acceptors (Lipinski definition) is 4. The average Bonchev–Trinajstić information content (AvgIpc) is 2.80. The highest BCUT2D eigenvalue weighted by Gasteiger charge is 2.43. The van der Waals surface area contributed by atoms with Crippen molar-refractivity contribution in [2.24, 2.45) is 11.8 Å². The number of rotatable bonds is 4. The molecule has 2 aliphatic rings. The van der Waals surface area contributed by atoms with Gasteiger partial charge in [-0.2, -0.15) is 18.4 Å². The van der Waals surface area contributed by atoms with E-state index in [0.717, 1.165) is 17.4 Å². The summed E-state index contributed by atoms with van der Waals surface area (Å²) in [6.07, 6.45) is -4.18. The fourth-order valence-electron chi connectivity index (χ4n) is 4.80. The first-order valence-electron chi connectivity index (χ1n) is 11.2. The molecular weight excluding hydrogens is 429 g/mol. The molecule has 5 nitrogen and oxygen atoms in total. The van der Waals surface area contributed by atoms with E-state index in [4.69, 9.17) is 0 Å². The van der Waals surface area contributed by atoms with Gasteiger partial charge in [0.05, 0.1) is 28.8 Å². The Kier molecular flexibility index (Phi) is 6.24. The van der Waals surface area contributed by atoms with Crippen LogP contribution in [0.3, 0.4) is 0 Å². The summed E-state index contributed by atoms with van der Waals surface area (Å²) in [5.41, 5.74) is 2.00. The highest BCUT2D eigenvalue weighted by molar-refractivity contribution is 5.82. The third-order valence-electron chi connectivity index (χ3n) is 6.43. The molecule has 1 amide bonds. The van der Waals surface area contributed by atoms with Gasteiger partial charge in [-0.05, 0) is 48.2 Å². The van der Waals surface area contributed by atoms with Crippen molar-refractivity contribution in [1.82, 2.24) is 5.32 Å². The van der Waals surface area contributed by atoms with Crippen molar-refractivity contribution in [3.8, 4) is 6.07 Å². The lowest BCUT2D eigenvalue weighted by Crippen LogP contribution is -2.61. The maximum Gasteiger partial charge on any atom is 0.416 e. The summed E-state index contributed by atoms with van der Waals surface area (Å²) in [7, 11) is 0. The number of halogens is 3. The number of hydrogen-bond donors (Lipinski definition) is 1. The fraction of sp³-hybridized carbons (Fsp3) is 0.440. The van der Waals surface area contributed by atoms with Gasteiger partial charge in [-0.3, -0.25) is 4.79 Å². The Morgan fingerprint density at radius 1 is 1.18 bits per heavy atom. The zero-order valence-electron chi connectivity index (χ0n) is 18.7. The number of piperazine rings is 1. The van der Waals surface area contributed by atoms with Crippen molar-refractivity contribution < 1.29 is 18.0 Å². The van der Waals surface area contributed by atoms with E-state index in [1.807, 2.05) is 32.0 Å². The van der Waals surface area contributed by atoms with E-state index in [0.29, 0.717) is 37.3 Å². The van der Waals surface area contributed by atoms with Crippen molar-refractivity contribution in [3.63, 3.8) is 0 Å². The zero-order chi connectivity index (χ0) is 23.8. The topological polar surface area (TPSA) is 59.4 Å². The molecule has 33 heavy (non-hydrogen) atoms. The first-order chi connectivity index (χ1) is 15.7. The van der Waals surface area contributed by atoms with E-state index >= 15 is 0 Å². The highest BCUT2D eigenvalue weighted by atomic mass is 19.4. The van der Waals surface area contributed by atoms with Crippen molar-refractivity contribution in [1.29, 1.82) is 5.26 Å². The Labute approximate surface area is 191 Å². The van der Waals surface area contributed by atoms with E-state index in [2.05, 4.69) is 21.2 Å². The maximum atomic E-state index is 13.3. The van der Waals surface area contributed by atoms with E-state index in [-0.39, 0.29) is 24.3 Å². The summed E-state index contributed by atoms with van der Waals surface area (Å²) in [6, 6.07) is 13.2. The van der Waals surface area contributed by atoms with E-state index in [1.54, 1.807) is 6.07 Å². The molecule has 2 heterocycles. The monoisotopic (exact) mass is 456 g/mol. The molecule has 2 atom stereocenters. The van der Waals surface area contributed by atoms with Crippen LogP contribution in [0.15, 0.2) is 42.5 Å². The minimum atomic E-state index is -4.43. The largest absolute Gasteiger partial charge is 0.416 e. The third-order valence-corrected chi connectivity index (χ3v) is 6.43. The molecule has 0 aliphatic carbocycles. The van der Waals surface area contributed by atoms with Gasteiger partial charge in [0, 0.05) is 31.9 Å². The molecule has 0 bridgehead atoms. The Balaban J connectivity index is 1.69. The van der Waals surface area contributed by atoms with Gasteiger partial charge in [-0.15, -0.1) is 0 Å². The summed E-state index contributed by atoms with van der Waals surface area (Å²) >= 11 is 0. The molecule has 1 fully saturated rings. The van der Waals surface area contributed by atoms with Gasteiger partial charge in [-0.1, -0.05) is 26.0 Å². The summed E-state index contributed by atoms with van der Waals surface area (Å²) < 4.78 is 40.0. The van der Waals surface area contributed by atoms with Gasteiger partial charge in [0.1, 0.15) is 6.07 Å². The zero-order valence-corrected chi connectivity index (χ0v) is 18.7. The molecule has 2 aliphatic heterocycles. The number of nitriles is 1. The van der Waals surface area contributed by atoms with Gasteiger partial charge in [0.25, 0.3) is 0 Å². The second-order valence-electron chi connectivity index (χ2n) is 9.13. The smallest absolute Gasteiger partial charge is 0.367 e. The molecular formula is C25H27F3N4O. The predicted octanol–water partition coefficient (Wildman–Crippen LogP) is 4.22. The predicted molar refractivity (Wildman–Crippen MR) is 121 cm³/mol. The van der Waals surface area contributed by atoms with Crippen LogP contribution in [0.5, 0.6) is 0 Å². The van der Waals surface area contributed by atoms with Crippen LogP contribution in [0, 0.1) is 23.2 Å². The summed E-state index contributed by atoms with van der Waals surface area (Å²) in [5.74, 6) is -0.364. The van der Waals surface area contributed by atoms with Crippen LogP contribution in [0.2, 0.25) is 0 Å². The Bertz CT molecular complexity index is 1080. The van der Waals surface area contributed by atoms with Crippen LogP contribution in [0.1, 0.15) is 30.5 Å². The minimum Gasteiger partial charge on any atom is -0.367 e. The Hall–Kier alpha value is -3.21. The van der Waals surface area contributed by atoms with Crippen molar-refractivity contribution >= 4 is 17.3 Å². The molecule has 4 rings (SSSR count). The number of anilines is 2. The number of carbonyl (C=O) groups is 1. The average molecular weight is 457 g/mol. The fourth-order valence-corrected chi connectivity index (χ4v) is 4.80. The van der Waals surface area contributed by atoms with E-state index < -0.39 is 17.7 Å².